The predicted molar refractivity (Wildman–Crippen MR) is 81.3 cm³/mol. The summed E-state index contributed by atoms with van der Waals surface area (Å²) in [6, 6.07) is 0. The van der Waals surface area contributed by atoms with Gasteiger partial charge in [-0.3, -0.25) is 0 Å². The van der Waals surface area contributed by atoms with Crippen LogP contribution >= 0.6 is 0 Å². The third-order valence-corrected chi connectivity index (χ3v) is 3.18. The van der Waals surface area contributed by atoms with Crippen LogP contribution in [0.15, 0.2) is 47.3 Å². The zero-order valence-electron chi connectivity index (χ0n) is 12.0. The van der Waals surface area contributed by atoms with Gasteiger partial charge < -0.3 is 16.2 Å². The van der Waals surface area contributed by atoms with Crippen LogP contribution in [-0.2, 0) is 4.74 Å². The van der Waals surface area contributed by atoms with Gasteiger partial charge in [0.05, 0.1) is 18.0 Å². The molecule has 1 aliphatic rings. The first kappa shape index (κ1) is 15.6. The molecule has 0 spiro atoms. The second kappa shape index (κ2) is 7.85. The van der Waals surface area contributed by atoms with E-state index in [1.807, 2.05) is 6.08 Å². The van der Waals surface area contributed by atoms with E-state index in [1.54, 1.807) is 0 Å². The van der Waals surface area contributed by atoms with Crippen LogP contribution in [0.4, 0.5) is 0 Å². The molecule has 0 bridgehead atoms. The van der Waals surface area contributed by atoms with Crippen molar-refractivity contribution in [3.05, 3.63) is 47.3 Å². The number of hydrogen-bond acceptors (Lipinski definition) is 3. The fourth-order valence-electron chi connectivity index (χ4n) is 2.05. The summed E-state index contributed by atoms with van der Waals surface area (Å²) in [7, 11) is 0. The van der Waals surface area contributed by atoms with Crippen LogP contribution in [0, 0.1) is 0 Å². The van der Waals surface area contributed by atoms with Crippen LogP contribution in [0.5, 0.6) is 0 Å². The Bertz CT molecular complexity index is 405. The maximum atomic E-state index is 6.08. The number of nitrogens with two attached hydrogens (primary N) is 2. The second-order valence-corrected chi connectivity index (χ2v) is 5.10. The van der Waals surface area contributed by atoms with Crippen LogP contribution in [0.2, 0.25) is 0 Å². The van der Waals surface area contributed by atoms with Crippen molar-refractivity contribution in [2.24, 2.45) is 11.5 Å². The molecule has 0 radical (unpaired) electrons. The molecule has 0 aromatic rings. The molecule has 4 N–H and O–H groups in total. The number of allylic oxidation sites excluding steroid dienone is 3. The first-order valence-electron chi connectivity index (χ1n) is 6.89. The molecule has 19 heavy (non-hydrogen) atoms. The van der Waals surface area contributed by atoms with Gasteiger partial charge >= 0.3 is 0 Å². The molecular formula is C16H26N2O. The van der Waals surface area contributed by atoms with Gasteiger partial charge in [-0.1, -0.05) is 37.3 Å². The third-order valence-electron chi connectivity index (χ3n) is 3.18. The molecule has 0 aliphatic heterocycles. The monoisotopic (exact) mass is 262 g/mol. The van der Waals surface area contributed by atoms with Gasteiger partial charge in [-0.25, -0.2) is 0 Å². The Morgan fingerprint density at radius 1 is 1.37 bits per heavy atom. The number of rotatable bonds is 7. The minimum atomic E-state index is 0.670. The lowest BCUT2D eigenvalue weighted by molar-refractivity contribution is 0.137. The fourth-order valence-corrected chi connectivity index (χ4v) is 2.05. The van der Waals surface area contributed by atoms with Crippen molar-refractivity contribution in [3.63, 3.8) is 0 Å². The van der Waals surface area contributed by atoms with E-state index in [0.29, 0.717) is 11.4 Å². The average molecular weight is 262 g/mol. The Hall–Kier alpha value is -1.48. The topological polar surface area (TPSA) is 61.3 Å². The van der Waals surface area contributed by atoms with Gasteiger partial charge in [-0.15, -0.1) is 0 Å². The molecule has 0 heterocycles. The molecule has 0 aromatic carbocycles. The summed E-state index contributed by atoms with van der Waals surface area (Å²) in [5.74, 6) is 0. The van der Waals surface area contributed by atoms with E-state index < -0.39 is 0 Å². The Morgan fingerprint density at radius 2 is 2.11 bits per heavy atom. The highest BCUT2D eigenvalue weighted by Crippen LogP contribution is 2.27. The van der Waals surface area contributed by atoms with E-state index >= 15 is 0 Å². The summed E-state index contributed by atoms with van der Waals surface area (Å²) in [4.78, 5) is 0. The molecule has 0 aromatic heterocycles. The minimum Gasteiger partial charge on any atom is -0.397 e. The van der Waals surface area contributed by atoms with Crippen molar-refractivity contribution in [3.8, 4) is 0 Å². The van der Waals surface area contributed by atoms with Gasteiger partial charge in [-0.05, 0) is 37.7 Å². The quantitative estimate of drug-likeness (QED) is 0.547. The average Bonchev–Trinajstić information content (AvgIpc) is 2.49. The summed E-state index contributed by atoms with van der Waals surface area (Å²) >= 11 is 0. The van der Waals surface area contributed by atoms with E-state index in [-0.39, 0.29) is 0 Å². The standard InChI is InChI=1S/C16H26N2O/c1-4-8-19-9-7-13(3)11-14-10-12(2)5-6-15(17)16(14)18/h6H,2-5,7-11,17-18H2,1H3. The Kier molecular flexibility index (Phi) is 6.43. The zero-order chi connectivity index (χ0) is 14.3. The van der Waals surface area contributed by atoms with Gasteiger partial charge in [0.15, 0.2) is 0 Å². The van der Waals surface area contributed by atoms with Crippen molar-refractivity contribution in [1.29, 1.82) is 0 Å². The molecule has 0 atom stereocenters. The van der Waals surface area contributed by atoms with Crippen LogP contribution in [0.3, 0.4) is 0 Å². The van der Waals surface area contributed by atoms with Crippen molar-refractivity contribution in [2.45, 2.75) is 39.0 Å². The first-order chi connectivity index (χ1) is 9.04. The second-order valence-electron chi connectivity index (χ2n) is 5.10. The Morgan fingerprint density at radius 3 is 2.79 bits per heavy atom. The molecule has 0 amide bonds. The van der Waals surface area contributed by atoms with Gasteiger partial charge in [0.2, 0.25) is 0 Å². The van der Waals surface area contributed by atoms with Crippen LogP contribution in [-0.4, -0.2) is 13.2 Å². The lowest BCUT2D eigenvalue weighted by Crippen LogP contribution is -2.12. The molecule has 1 aliphatic carbocycles. The van der Waals surface area contributed by atoms with E-state index in [4.69, 9.17) is 16.2 Å². The predicted octanol–water partition coefficient (Wildman–Crippen LogP) is 3.15. The first-order valence-corrected chi connectivity index (χ1v) is 6.89. The molecule has 3 nitrogen and oxygen atoms in total. The van der Waals surface area contributed by atoms with Crippen molar-refractivity contribution in [1.82, 2.24) is 0 Å². The lowest BCUT2D eigenvalue weighted by Gasteiger charge is -2.13. The number of ether oxygens (including phenoxy) is 1. The Balaban J connectivity index is 2.54. The molecule has 106 valence electrons. The van der Waals surface area contributed by atoms with Crippen LogP contribution < -0.4 is 11.5 Å². The maximum Gasteiger partial charge on any atom is 0.0543 e. The van der Waals surface area contributed by atoms with Crippen molar-refractivity contribution >= 4 is 0 Å². The highest BCUT2D eigenvalue weighted by molar-refractivity contribution is 5.38. The van der Waals surface area contributed by atoms with Crippen molar-refractivity contribution in [2.75, 3.05) is 13.2 Å². The molecule has 0 fully saturated rings. The highest BCUT2D eigenvalue weighted by atomic mass is 16.5. The highest BCUT2D eigenvalue weighted by Gasteiger charge is 2.13. The fraction of sp³-hybridized carbons (Fsp3) is 0.500. The third kappa shape index (κ3) is 5.35. The van der Waals surface area contributed by atoms with Gasteiger partial charge in [0.1, 0.15) is 0 Å². The molecule has 0 saturated heterocycles. The maximum absolute atomic E-state index is 6.08. The lowest BCUT2D eigenvalue weighted by atomic mass is 9.97. The zero-order valence-corrected chi connectivity index (χ0v) is 12.0. The summed E-state index contributed by atoms with van der Waals surface area (Å²) in [6.07, 6.45) is 6.27. The normalized spacial score (nSPS) is 16.3. The SMILES string of the molecule is C=C1CC=C(N)C(N)=C(CC(=C)CCOCCC)C1. The van der Waals surface area contributed by atoms with Crippen LogP contribution in [0.1, 0.15) is 39.0 Å². The molecular weight excluding hydrogens is 236 g/mol. The smallest absolute Gasteiger partial charge is 0.0543 e. The van der Waals surface area contributed by atoms with E-state index in [9.17, 15) is 0 Å². The van der Waals surface area contributed by atoms with E-state index in [1.165, 1.54) is 0 Å². The largest absolute Gasteiger partial charge is 0.397 e. The summed E-state index contributed by atoms with van der Waals surface area (Å²) < 4.78 is 5.47. The van der Waals surface area contributed by atoms with Gasteiger partial charge in [-0.2, -0.15) is 0 Å². The van der Waals surface area contributed by atoms with Gasteiger partial charge in [0.25, 0.3) is 0 Å². The van der Waals surface area contributed by atoms with E-state index in [2.05, 4.69) is 20.1 Å². The molecule has 0 unspecified atom stereocenters. The Labute approximate surface area is 116 Å². The molecule has 3 heteroatoms. The van der Waals surface area contributed by atoms with E-state index in [0.717, 1.165) is 62.0 Å². The van der Waals surface area contributed by atoms with Crippen molar-refractivity contribution < 1.29 is 4.74 Å². The number of hydrogen-bond donors (Lipinski definition) is 2. The molecule has 0 saturated carbocycles. The summed E-state index contributed by atoms with van der Waals surface area (Å²) in [5.41, 5.74) is 16.8. The van der Waals surface area contributed by atoms with Crippen LogP contribution in [0.25, 0.3) is 0 Å². The summed E-state index contributed by atoms with van der Waals surface area (Å²) in [5, 5.41) is 0. The summed E-state index contributed by atoms with van der Waals surface area (Å²) in [6.45, 7) is 11.8. The minimum absolute atomic E-state index is 0.670. The van der Waals surface area contributed by atoms with Gasteiger partial charge in [0, 0.05) is 6.61 Å². The molecule has 1 rings (SSSR count).